The van der Waals surface area contributed by atoms with Crippen molar-refractivity contribution < 1.29 is 0 Å². The first-order valence-corrected chi connectivity index (χ1v) is 6.80. The molecule has 0 aliphatic heterocycles. The van der Waals surface area contributed by atoms with Crippen LogP contribution in [-0.2, 0) is 0 Å². The van der Waals surface area contributed by atoms with Crippen molar-refractivity contribution in [3.63, 3.8) is 0 Å². The first-order chi connectivity index (χ1) is 9.01. The van der Waals surface area contributed by atoms with E-state index in [-0.39, 0.29) is 6.04 Å². The van der Waals surface area contributed by atoms with Crippen LogP contribution in [0.4, 0.5) is 0 Å². The van der Waals surface area contributed by atoms with Gasteiger partial charge in [-0.15, -0.1) is 0 Å². The molecule has 0 aliphatic rings. The molecular formula is C16H23N3. The molecule has 1 unspecified atom stereocenters. The molecule has 0 spiro atoms. The minimum absolute atomic E-state index is 0.173. The van der Waals surface area contributed by atoms with Crippen LogP contribution in [0, 0.1) is 5.41 Å². The Hall–Kier alpha value is -1.45. The second-order valence-electron chi connectivity index (χ2n) is 6.26. The van der Waals surface area contributed by atoms with E-state index in [9.17, 15) is 0 Å². The molecule has 19 heavy (non-hydrogen) atoms. The van der Waals surface area contributed by atoms with Crippen LogP contribution in [0.25, 0.3) is 10.8 Å². The predicted molar refractivity (Wildman–Crippen MR) is 80.5 cm³/mol. The number of fused-ring (bicyclic) bond motifs is 1. The first kappa shape index (κ1) is 14.0. The summed E-state index contributed by atoms with van der Waals surface area (Å²) in [6.45, 7) is 6.77. The van der Waals surface area contributed by atoms with Gasteiger partial charge in [0.25, 0.3) is 0 Å². The lowest BCUT2D eigenvalue weighted by Crippen LogP contribution is -2.29. The lowest BCUT2D eigenvalue weighted by molar-refractivity contribution is 0.334. The Morgan fingerprint density at radius 3 is 2.74 bits per heavy atom. The van der Waals surface area contributed by atoms with Crippen LogP contribution in [0.15, 0.2) is 36.7 Å². The molecule has 102 valence electrons. The largest absolute Gasteiger partial charge is 0.271 e. The number of nitrogens with zero attached hydrogens (tertiary/aromatic N) is 1. The third-order valence-corrected chi connectivity index (χ3v) is 3.48. The van der Waals surface area contributed by atoms with Gasteiger partial charge in [0.1, 0.15) is 0 Å². The van der Waals surface area contributed by atoms with Gasteiger partial charge in [-0.2, -0.15) is 0 Å². The van der Waals surface area contributed by atoms with Crippen LogP contribution in [0.1, 0.15) is 45.2 Å². The number of hydrogen-bond acceptors (Lipinski definition) is 3. The summed E-state index contributed by atoms with van der Waals surface area (Å²) in [6, 6.07) is 8.54. The Balaban J connectivity index is 2.30. The summed E-state index contributed by atoms with van der Waals surface area (Å²) >= 11 is 0. The summed E-state index contributed by atoms with van der Waals surface area (Å²) in [7, 11) is 0. The van der Waals surface area contributed by atoms with Gasteiger partial charge in [0.05, 0.1) is 0 Å². The molecule has 1 aromatic heterocycles. The zero-order valence-corrected chi connectivity index (χ0v) is 12.0. The highest BCUT2D eigenvalue weighted by Crippen LogP contribution is 2.30. The van der Waals surface area contributed by atoms with E-state index >= 15 is 0 Å². The number of aromatic nitrogens is 1. The monoisotopic (exact) mass is 257 g/mol. The van der Waals surface area contributed by atoms with Gasteiger partial charge in [0.2, 0.25) is 0 Å². The van der Waals surface area contributed by atoms with Gasteiger partial charge in [0.15, 0.2) is 0 Å². The van der Waals surface area contributed by atoms with E-state index in [1.807, 2.05) is 18.5 Å². The summed E-state index contributed by atoms with van der Waals surface area (Å²) in [5, 5.41) is 2.39. The summed E-state index contributed by atoms with van der Waals surface area (Å²) in [4.78, 5) is 4.23. The van der Waals surface area contributed by atoms with Gasteiger partial charge >= 0.3 is 0 Å². The average Bonchev–Trinajstić information content (AvgIpc) is 2.38. The molecule has 0 bridgehead atoms. The van der Waals surface area contributed by atoms with E-state index in [0.29, 0.717) is 5.41 Å². The smallest absolute Gasteiger partial charge is 0.0466 e. The summed E-state index contributed by atoms with van der Waals surface area (Å²) in [5.41, 5.74) is 4.51. The van der Waals surface area contributed by atoms with Crippen molar-refractivity contribution >= 4 is 10.8 Å². The minimum Gasteiger partial charge on any atom is -0.271 e. The van der Waals surface area contributed by atoms with Crippen molar-refractivity contribution in [1.29, 1.82) is 0 Å². The molecule has 1 heterocycles. The summed E-state index contributed by atoms with van der Waals surface area (Å²) in [5.74, 6) is 5.75. The van der Waals surface area contributed by atoms with E-state index < -0.39 is 0 Å². The molecule has 1 aromatic carbocycles. The molecule has 2 rings (SSSR count). The quantitative estimate of drug-likeness (QED) is 0.650. The second-order valence-corrected chi connectivity index (χ2v) is 6.26. The van der Waals surface area contributed by atoms with E-state index in [4.69, 9.17) is 5.84 Å². The van der Waals surface area contributed by atoms with E-state index in [0.717, 1.165) is 12.8 Å². The van der Waals surface area contributed by atoms with Crippen LogP contribution in [0.2, 0.25) is 0 Å². The molecule has 3 nitrogen and oxygen atoms in total. The number of benzene rings is 1. The first-order valence-electron chi connectivity index (χ1n) is 6.80. The Kier molecular flexibility index (Phi) is 4.17. The topological polar surface area (TPSA) is 50.9 Å². The number of rotatable bonds is 4. The normalized spacial score (nSPS) is 13.7. The Morgan fingerprint density at radius 2 is 2.05 bits per heavy atom. The lowest BCUT2D eigenvalue weighted by Gasteiger charge is -2.23. The molecule has 2 aromatic rings. The van der Waals surface area contributed by atoms with Crippen LogP contribution in [-0.4, -0.2) is 4.98 Å². The van der Waals surface area contributed by atoms with E-state index in [2.05, 4.69) is 49.4 Å². The van der Waals surface area contributed by atoms with Crippen molar-refractivity contribution in [3.05, 3.63) is 42.2 Å². The van der Waals surface area contributed by atoms with Gasteiger partial charge in [-0.05, 0) is 35.3 Å². The standard InChI is InChI=1S/C16H23N3/c1-16(2,3)9-7-15(19-17)13-6-4-5-12-8-10-18-11-14(12)13/h4-6,8,10-11,15,19H,7,9,17H2,1-3H3. The lowest BCUT2D eigenvalue weighted by atomic mass is 9.86. The van der Waals surface area contributed by atoms with Crippen LogP contribution in [0.5, 0.6) is 0 Å². The van der Waals surface area contributed by atoms with Crippen LogP contribution in [0.3, 0.4) is 0 Å². The Bertz CT molecular complexity index is 538. The highest BCUT2D eigenvalue weighted by atomic mass is 15.2. The van der Waals surface area contributed by atoms with Gasteiger partial charge < -0.3 is 0 Å². The number of pyridine rings is 1. The number of hydrazine groups is 1. The third kappa shape index (κ3) is 3.52. The zero-order chi connectivity index (χ0) is 13.9. The number of nitrogens with one attached hydrogen (secondary N) is 1. The summed E-state index contributed by atoms with van der Waals surface area (Å²) < 4.78 is 0. The van der Waals surface area contributed by atoms with Crippen LogP contribution >= 0.6 is 0 Å². The summed E-state index contributed by atoms with van der Waals surface area (Å²) in [6.07, 6.45) is 5.89. The minimum atomic E-state index is 0.173. The van der Waals surface area contributed by atoms with E-state index in [1.165, 1.54) is 16.3 Å². The van der Waals surface area contributed by atoms with Crippen LogP contribution < -0.4 is 11.3 Å². The maximum absolute atomic E-state index is 5.75. The van der Waals surface area contributed by atoms with Gasteiger partial charge in [-0.25, -0.2) is 0 Å². The van der Waals surface area contributed by atoms with Crippen molar-refractivity contribution in [3.8, 4) is 0 Å². The van der Waals surface area contributed by atoms with Gasteiger partial charge in [-0.3, -0.25) is 16.3 Å². The van der Waals surface area contributed by atoms with E-state index in [1.54, 1.807) is 0 Å². The molecule has 0 radical (unpaired) electrons. The molecule has 0 saturated carbocycles. The zero-order valence-electron chi connectivity index (χ0n) is 12.0. The fourth-order valence-electron chi connectivity index (χ4n) is 2.35. The molecule has 0 aliphatic carbocycles. The SMILES string of the molecule is CC(C)(C)CCC(NN)c1cccc2ccncc12. The highest BCUT2D eigenvalue weighted by Gasteiger charge is 2.17. The Labute approximate surface area is 115 Å². The van der Waals surface area contributed by atoms with Crippen molar-refractivity contribution in [1.82, 2.24) is 10.4 Å². The number of hydrogen-bond donors (Lipinski definition) is 2. The molecule has 3 N–H and O–H groups in total. The second kappa shape index (κ2) is 5.68. The maximum atomic E-state index is 5.75. The Morgan fingerprint density at radius 1 is 1.26 bits per heavy atom. The molecule has 0 saturated heterocycles. The van der Waals surface area contributed by atoms with Gasteiger partial charge in [-0.1, -0.05) is 39.0 Å². The number of nitrogens with two attached hydrogens (primary N) is 1. The highest BCUT2D eigenvalue weighted by molar-refractivity contribution is 5.85. The third-order valence-electron chi connectivity index (χ3n) is 3.48. The fraction of sp³-hybridized carbons (Fsp3) is 0.438. The predicted octanol–water partition coefficient (Wildman–Crippen LogP) is 3.57. The molecular weight excluding hydrogens is 234 g/mol. The van der Waals surface area contributed by atoms with Crippen molar-refractivity contribution in [2.75, 3.05) is 0 Å². The average molecular weight is 257 g/mol. The van der Waals surface area contributed by atoms with Crippen molar-refractivity contribution in [2.24, 2.45) is 11.3 Å². The maximum Gasteiger partial charge on any atom is 0.0466 e. The molecule has 0 fully saturated rings. The molecule has 0 amide bonds. The fourth-order valence-corrected chi connectivity index (χ4v) is 2.35. The molecule has 3 heteroatoms. The molecule has 1 atom stereocenters. The van der Waals surface area contributed by atoms with Gasteiger partial charge in [0, 0.05) is 23.8 Å². The van der Waals surface area contributed by atoms with Crippen molar-refractivity contribution in [2.45, 2.75) is 39.7 Å².